The second kappa shape index (κ2) is 7.72. The quantitative estimate of drug-likeness (QED) is 0.440. The Morgan fingerprint density at radius 3 is 2.41 bits per heavy atom. The zero-order valence-corrected chi connectivity index (χ0v) is 20.2. The van der Waals surface area contributed by atoms with E-state index in [-0.39, 0.29) is 10.9 Å². The Bertz CT molecular complexity index is 835. The molecule has 150 valence electrons. The number of rotatable bonds is 7. The maximum Gasteiger partial charge on any atom is 0.243 e. The van der Waals surface area contributed by atoms with Gasteiger partial charge in [0.05, 0.1) is 0 Å². The van der Waals surface area contributed by atoms with Crippen LogP contribution < -0.4 is 5.73 Å². The van der Waals surface area contributed by atoms with Gasteiger partial charge in [-0.2, -0.15) is 0 Å². The third-order valence-electron chi connectivity index (χ3n) is 5.91. The minimum Gasteiger partial charge on any atom is -0.417 e. The lowest BCUT2D eigenvalue weighted by molar-refractivity contribution is -0.124. The van der Waals surface area contributed by atoms with Crippen LogP contribution in [0.2, 0.25) is 18.1 Å². The van der Waals surface area contributed by atoms with E-state index in [1.165, 1.54) is 5.56 Å². The Kier molecular flexibility index (Phi) is 6.34. The number of fused-ring (bicyclic) bond motifs is 1. The van der Waals surface area contributed by atoms with E-state index in [1.54, 1.807) is 0 Å². The van der Waals surface area contributed by atoms with E-state index >= 15 is 0 Å². The number of aromatic nitrogens is 1. The minimum atomic E-state index is -1.72. The molecule has 0 aliphatic carbocycles. The Hall–Kier alpha value is -1.11. The molecule has 27 heavy (non-hydrogen) atoms. The van der Waals surface area contributed by atoms with Crippen LogP contribution in [0.15, 0.2) is 28.9 Å². The van der Waals surface area contributed by atoms with E-state index < -0.39 is 13.9 Å². The first-order chi connectivity index (χ1) is 12.3. The Morgan fingerprint density at radius 1 is 1.22 bits per heavy atom. The van der Waals surface area contributed by atoms with Gasteiger partial charge in [-0.15, -0.1) is 0 Å². The summed E-state index contributed by atoms with van der Waals surface area (Å²) in [6, 6.07) is 6.16. The van der Waals surface area contributed by atoms with Crippen molar-refractivity contribution in [3.63, 3.8) is 0 Å². The van der Waals surface area contributed by atoms with Crippen molar-refractivity contribution in [3.05, 3.63) is 34.4 Å². The number of nitrogens with zero attached hydrogens (tertiary/aromatic N) is 1. The number of primary amides is 1. The SMILES string of the molecule is CC(C)(C(N)=O)n1cc(CCCO[Si](C)(C)C(C)(C)C)c2cc(Br)ccc21. The average molecular weight is 453 g/mol. The molecular formula is C21H33BrN2O2Si. The van der Waals surface area contributed by atoms with Crippen molar-refractivity contribution in [1.82, 2.24) is 4.57 Å². The van der Waals surface area contributed by atoms with Crippen molar-refractivity contribution in [1.29, 1.82) is 0 Å². The first kappa shape index (κ1) is 22.2. The van der Waals surface area contributed by atoms with Crippen molar-refractivity contribution in [2.24, 2.45) is 5.73 Å². The lowest BCUT2D eigenvalue weighted by atomic mass is 10.0. The van der Waals surface area contributed by atoms with Crippen molar-refractivity contribution >= 4 is 41.1 Å². The first-order valence-electron chi connectivity index (χ1n) is 9.51. The number of aryl methyl sites for hydroxylation is 1. The molecule has 1 aromatic heterocycles. The van der Waals surface area contributed by atoms with Gasteiger partial charge >= 0.3 is 0 Å². The molecule has 0 aliphatic rings. The molecule has 2 rings (SSSR count). The van der Waals surface area contributed by atoms with Crippen LogP contribution in [-0.4, -0.2) is 25.4 Å². The van der Waals surface area contributed by atoms with Gasteiger partial charge in [0.2, 0.25) is 5.91 Å². The number of benzene rings is 1. The molecule has 0 saturated carbocycles. The lowest BCUT2D eigenvalue weighted by Gasteiger charge is -2.36. The molecule has 0 bridgehead atoms. The van der Waals surface area contributed by atoms with Gasteiger partial charge in [0.1, 0.15) is 5.54 Å². The normalized spacial score (nSPS) is 13.3. The number of halogens is 1. The summed E-state index contributed by atoms with van der Waals surface area (Å²) in [5, 5.41) is 1.38. The molecular weight excluding hydrogens is 420 g/mol. The highest BCUT2D eigenvalue weighted by molar-refractivity contribution is 9.10. The molecule has 0 radical (unpaired) electrons. The molecule has 0 unspecified atom stereocenters. The molecule has 0 atom stereocenters. The summed E-state index contributed by atoms with van der Waals surface area (Å²) >= 11 is 3.56. The van der Waals surface area contributed by atoms with E-state index in [4.69, 9.17) is 10.2 Å². The zero-order chi connectivity index (χ0) is 20.6. The van der Waals surface area contributed by atoms with Crippen LogP contribution in [0.4, 0.5) is 0 Å². The van der Waals surface area contributed by atoms with Crippen molar-refractivity contribution in [2.45, 2.75) is 71.1 Å². The van der Waals surface area contributed by atoms with Gasteiger partial charge in [-0.3, -0.25) is 4.79 Å². The highest BCUT2D eigenvalue weighted by Gasteiger charge is 2.36. The molecule has 0 spiro atoms. The van der Waals surface area contributed by atoms with Crippen LogP contribution in [0, 0.1) is 0 Å². The molecule has 4 nitrogen and oxygen atoms in total. The summed E-state index contributed by atoms with van der Waals surface area (Å²) < 4.78 is 9.34. The summed E-state index contributed by atoms with van der Waals surface area (Å²) in [5.41, 5.74) is 7.13. The maximum absolute atomic E-state index is 12.0. The maximum atomic E-state index is 12.0. The predicted molar refractivity (Wildman–Crippen MR) is 120 cm³/mol. The van der Waals surface area contributed by atoms with Crippen molar-refractivity contribution < 1.29 is 9.22 Å². The van der Waals surface area contributed by atoms with Crippen LogP contribution >= 0.6 is 15.9 Å². The number of amides is 1. The molecule has 1 amide bonds. The molecule has 0 saturated heterocycles. The van der Waals surface area contributed by atoms with Gasteiger partial charge in [-0.1, -0.05) is 36.7 Å². The van der Waals surface area contributed by atoms with E-state index in [9.17, 15) is 4.79 Å². The second-order valence-electron chi connectivity index (χ2n) is 9.32. The van der Waals surface area contributed by atoms with Crippen LogP contribution in [0.1, 0.15) is 46.6 Å². The summed E-state index contributed by atoms with van der Waals surface area (Å²) in [4.78, 5) is 12.0. The minimum absolute atomic E-state index is 0.222. The summed E-state index contributed by atoms with van der Waals surface area (Å²) in [7, 11) is -1.72. The Morgan fingerprint density at radius 2 is 1.85 bits per heavy atom. The van der Waals surface area contributed by atoms with Crippen molar-refractivity contribution in [3.8, 4) is 0 Å². The number of nitrogens with two attached hydrogens (primary N) is 1. The fourth-order valence-corrected chi connectivity index (χ4v) is 4.31. The highest BCUT2D eigenvalue weighted by Crippen LogP contribution is 2.37. The summed E-state index contributed by atoms with van der Waals surface area (Å²) in [5.74, 6) is -0.338. The smallest absolute Gasteiger partial charge is 0.243 e. The average Bonchev–Trinajstić information content (AvgIpc) is 2.89. The molecule has 1 heterocycles. The topological polar surface area (TPSA) is 57.2 Å². The van der Waals surface area contributed by atoms with Crippen LogP contribution in [-0.2, 0) is 21.2 Å². The third kappa shape index (κ3) is 4.66. The summed E-state index contributed by atoms with van der Waals surface area (Å²) in [6.07, 6.45) is 3.94. The van der Waals surface area contributed by atoms with Gasteiger partial charge < -0.3 is 14.7 Å². The fourth-order valence-electron chi connectivity index (χ4n) is 2.86. The van der Waals surface area contributed by atoms with Gasteiger partial charge in [0.15, 0.2) is 8.32 Å². The van der Waals surface area contributed by atoms with Gasteiger partial charge in [-0.25, -0.2) is 0 Å². The largest absolute Gasteiger partial charge is 0.417 e. The van der Waals surface area contributed by atoms with Crippen molar-refractivity contribution in [2.75, 3.05) is 6.61 Å². The van der Waals surface area contributed by atoms with E-state index in [1.807, 2.05) is 30.5 Å². The van der Waals surface area contributed by atoms with E-state index in [0.29, 0.717) is 0 Å². The Balaban J connectivity index is 2.24. The lowest BCUT2D eigenvalue weighted by Crippen LogP contribution is -2.41. The van der Waals surface area contributed by atoms with E-state index in [0.717, 1.165) is 34.8 Å². The van der Waals surface area contributed by atoms with E-state index in [2.05, 4.69) is 62.1 Å². The Labute approximate surface area is 172 Å². The number of hydrogen-bond acceptors (Lipinski definition) is 2. The molecule has 6 heteroatoms. The number of carbonyl (C=O) groups excluding carboxylic acids is 1. The monoisotopic (exact) mass is 452 g/mol. The standard InChI is InChI=1S/C21H33BrN2O2Si/c1-20(2,3)27(6,7)26-12-8-9-15-14-24(21(4,5)19(23)25)18-11-10-16(22)13-17(15)18/h10-11,13-14H,8-9,12H2,1-7H3,(H2,23,25). The molecule has 1 aromatic carbocycles. The second-order valence-corrected chi connectivity index (χ2v) is 15.0. The third-order valence-corrected chi connectivity index (χ3v) is 10.9. The number of carbonyl (C=O) groups is 1. The van der Waals surface area contributed by atoms with Crippen LogP contribution in [0.3, 0.4) is 0 Å². The van der Waals surface area contributed by atoms with Gasteiger partial charge in [0.25, 0.3) is 0 Å². The summed E-state index contributed by atoms with van der Waals surface area (Å²) in [6.45, 7) is 15.8. The van der Waals surface area contributed by atoms with Crippen LogP contribution in [0.5, 0.6) is 0 Å². The molecule has 2 N–H and O–H groups in total. The fraction of sp³-hybridized carbons (Fsp3) is 0.571. The molecule has 2 aromatic rings. The predicted octanol–water partition coefficient (Wildman–Crippen LogP) is 5.58. The highest BCUT2D eigenvalue weighted by atomic mass is 79.9. The molecule has 0 aliphatic heterocycles. The van der Waals surface area contributed by atoms with Gasteiger partial charge in [-0.05, 0) is 68.6 Å². The zero-order valence-electron chi connectivity index (χ0n) is 17.6. The van der Waals surface area contributed by atoms with Crippen LogP contribution in [0.25, 0.3) is 10.9 Å². The van der Waals surface area contributed by atoms with Gasteiger partial charge in [0, 0.05) is 28.2 Å². The number of hydrogen-bond donors (Lipinski definition) is 1. The molecule has 0 fully saturated rings. The first-order valence-corrected chi connectivity index (χ1v) is 13.2.